The third-order valence-corrected chi connectivity index (χ3v) is 5.69. The molecule has 1 heterocycles. The molecule has 30 heavy (non-hydrogen) atoms. The molecule has 0 radical (unpaired) electrons. The summed E-state index contributed by atoms with van der Waals surface area (Å²) in [6.07, 6.45) is 5.74. The average molecular weight is 393 g/mol. The van der Waals surface area contributed by atoms with Crippen LogP contribution in [0.3, 0.4) is 0 Å². The van der Waals surface area contributed by atoms with Gasteiger partial charge in [-0.3, -0.25) is 4.79 Å². The Bertz CT molecular complexity index is 1040. The number of hydrogen-bond acceptors (Lipinski definition) is 2. The van der Waals surface area contributed by atoms with Crippen molar-refractivity contribution in [1.29, 1.82) is 0 Å². The fourth-order valence-corrected chi connectivity index (χ4v) is 4.10. The van der Waals surface area contributed by atoms with Crippen molar-refractivity contribution >= 4 is 5.91 Å². The van der Waals surface area contributed by atoms with E-state index in [2.05, 4.69) is 51.3 Å². The molecule has 1 aliphatic carbocycles. The van der Waals surface area contributed by atoms with Crippen molar-refractivity contribution in [2.75, 3.05) is 0 Å². The second kappa shape index (κ2) is 7.64. The Morgan fingerprint density at radius 1 is 0.800 bits per heavy atom. The zero-order valence-electron chi connectivity index (χ0n) is 16.6. The van der Waals surface area contributed by atoms with E-state index in [9.17, 15) is 4.79 Å². The van der Waals surface area contributed by atoms with Gasteiger partial charge in [0, 0.05) is 12.2 Å². The summed E-state index contributed by atoms with van der Waals surface area (Å²) in [4.78, 5) is 17.1. The van der Waals surface area contributed by atoms with E-state index in [1.54, 1.807) is 6.33 Å². The van der Waals surface area contributed by atoms with Gasteiger partial charge in [-0.2, -0.15) is 0 Å². The topological polar surface area (TPSA) is 46.9 Å². The van der Waals surface area contributed by atoms with Crippen molar-refractivity contribution in [3.05, 3.63) is 126 Å². The molecule has 4 aromatic rings. The summed E-state index contributed by atoms with van der Waals surface area (Å²) in [6, 6.07) is 31.4. The van der Waals surface area contributed by atoms with Gasteiger partial charge in [-0.15, -0.1) is 0 Å². The van der Waals surface area contributed by atoms with Crippen LogP contribution >= 0.6 is 0 Å². The average Bonchev–Trinajstić information content (AvgIpc) is 3.49. The molecule has 4 heteroatoms. The van der Waals surface area contributed by atoms with E-state index < -0.39 is 5.54 Å². The number of carbonyl (C=O) groups is 1. The van der Waals surface area contributed by atoms with Crippen molar-refractivity contribution in [3.63, 3.8) is 0 Å². The number of rotatable bonds is 6. The van der Waals surface area contributed by atoms with Gasteiger partial charge in [0.25, 0.3) is 5.91 Å². The van der Waals surface area contributed by atoms with Crippen LogP contribution in [-0.2, 0) is 5.54 Å². The molecule has 0 bridgehead atoms. The van der Waals surface area contributed by atoms with Gasteiger partial charge in [0.1, 0.15) is 11.2 Å². The highest BCUT2D eigenvalue weighted by Crippen LogP contribution is 2.40. The Kier molecular flexibility index (Phi) is 4.68. The summed E-state index contributed by atoms with van der Waals surface area (Å²) in [5, 5.41) is 3.04. The predicted octanol–water partition coefficient (Wildman–Crippen LogP) is 4.62. The standard InChI is InChI=1S/C26H23N3O/c30-25(28-23-16-17-23)24-18-29(19-27-24)26(20-10-4-1-5-11-20,21-12-6-2-7-13-21)22-14-8-3-9-15-22/h1-15,18-19,23H,16-17H2,(H,28,30). The minimum absolute atomic E-state index is 0.112. The number of carbonyl (C=O) groups excluding carboxylic acids is 1. The fourth-order valence-electron chi connectivity index (χ4n) is 4.10. The lowest BCUT2D eigenvalue weighted by Crippen LogP contribution is -2.37. The van der Waals surface area contributed by atoms with E-state index >= 15 is 0 Å². The van der Waals surface area contributed by atoms with E-state index in [1.165, 1.54) is 0 Å². The molecular weight excluding hydrogens is 370 g/mol. The summed E-state index contributed by atoms with van der Waals surface area (Å²) >= 11 is 0. The van der Waals surface area contributed by atoms with Gasteiger partial charge < -0.3 is 9.88 Å². The molecule has 0 saturated heterocycles. The number of nitrogens with zero attached hydrogens (tertiary/aromatic N) is 2. The van der Waals surface area contributed by atoms with Gasteiger partial charge >= 0.3 is 0 Å². The second-order valence-electron chi connectivity index (χ2n) is 7.72. The number of nitrogens with one attached hydrogen (secondary N) is 1. The van der Waals surface area contributed by atoms with Crippen molar-refractivity contribution in [3.8, 4) is 0 Å². The summed E-state index contributed by atoms with van der Waals surface area (Å²) in [5.74, 6) is -0.112. The smallest absolute Gasteiger partial charge is 0.271 e. The van der Waals surface area contributed by atoms with E-state index in [4.69, 9.17) is 0 Å². The molecule has 1 amide bonds. The van der Waals surface area contributed by atoms with E-state index in [-0.39, 0.29) is 5.91 Å². The molecule has 0 unspecified atom stereocenters. The molecule has 1 aromatic heterocycles. The first-order valence-corrected chi connectivity index (χ1v) is 10.3. The largest absolute Gasteiger partial charge is 0.348 e. The zero-order valence-corrected chi connectivity index (χ0v) is 16.6. The van der Waals surface area contributed by atoms with Gasteiger partial charge in [-0.25, -0.2) is 4.98 Å². The summed E-state index contributed by atoms with van der Waals surface area (Å²) in [7, 11) is 0. The van der Waals surface area contributed by atoms with Crippen LogP contribution in [0.25, 0.3) is 0 Å². The molecule has 4 nitrogen and oxygen atoms in total. The van der Waals surface area contributed by atoms with Crippen LogP contribution in [0.1, 0.15) is 40.0 Å². The Morgan fingerprint density at radius 3 is 1.70 bits per heavy atom. The number of hydrogen-bond donors (Lipinski definition) is 1. The van der Waals surface area contributed by atoms with Crippen molar-refractivity contribution in [2.45, 2.75) is 24.4 Å². The lowest BCUT2D eigenvalue weighted by Gasteiger charge is -2.37. The van der Waals surface area contributed by atoms with E-state index in [0.29, 0.717) is 11.7 Å². The highest BCUT2D eigenvalue weighted by Gasteiger charge is 2.38. The van der Waals surface area contributed by atoms with Crippen LogP contribution in [0.4, 0.5) is 0 Å². The van der Waals surface area contributed by atoms with Crippen LogP contribution in [-0.4, -0.2) is 21.5 Å². The van der Waals surface area contributed by atoms with Crippen molar-refractivity contribution < 1.29 is 4.79 Å². The lowest BCUT2D eigenvalue weighted by molar-refractivity contribution is 0.0946. The van der Waals surface area contributed by atoms with Crippen LogP contribution < -0.4 is 5.32 Å². The summed E-state index contributed by atoms with van der Waals surface area (Å²) in [6.45, 7) is 0. The monoisotopic (exact) mass is 393 g/mol. The fraction of sp³-hybridized carbons (Fsp3) is 0.154. The Hall–Kier alpha value is -3.66. The lowest BCUT2D eigenvalue weighted by atomic mass is 9.77. The van der Waals surface area contributed by atoms with Gasteiger partial charge in [0.2, 0.25) is 0 Å². The van der Waals surface area contributed by atoms with Gasteiger partial charge in [-0.1, -0.05) is 91.0 Å². The maximum Gasteiger partial charge on any atom is 0.271 e. The van der Waals surface area contributed by atoms with Crippen LogP contribution in [0, 0.1) is 0 Å². The SMILES string of the molecule is O=C(NC1CC1)c1cn(C(c2ccccc2)(c2ccccc2)c2ccccc2)cn1. The Balaban J connectivity index is 1.74. The Morgan fingerprint density at radius 2 is 1.27 bits per heavy atom. The first-order chi connectivity index (χ1) is 14.8. The number of aromatic nitrogens is 2. The quantitative estimate of drug-likeness (QED) is 0.486. The summed E-state index contributed by atoms with van der Waals surface area (Å²) < 4.78 is 2.06. The molecule has 1 N–H and O–H groups in total. The van der Waals surface area contributed by atoms with Gasteiger partial charge in [0.15, 0.2) is 0 Å². The minimum atomic E-state index is -0.644. The number of benzene rings is 3. The molecule has 3 aromatic carbocycles. The number of imidazole rings is 1. The maximum atomic E-state index is 12.7. The van der Waals surface area contributed by atoms with Gasteiger partial charge in [0.05, 0.1) is 6.33 Å². The van der Waals surface area contributed by atoms with Crippen LogP contribution in [0.2, 0.25) is 0 Å². The highest BCUT2D eigenvalue weighted by atomic mass is 16.2. The van der Waals surface area contributed by atoms with Gasteiger partial charge in [-0.05, 0) is 29.5 Å². The third kappa shape index (κ3) is 3.20. The van der Waals surface area contributed by atoms with E-state index in [0.717, 1.165) is 29.5 Å². The van der Waals surface area contributed by atoms with Crippen LogP contribution in [0.15, 0.2) is 104 Å². The minimum Gasteiger partial charge on any atom is -0.348 e. The van der Waals surface area contributed by atoms with Crippen molar-refractivity contribution in [1.82, 2.24) is 14.9 Å². The van der Waals surface area contributed by atoms with Crippen molar-refractivity contribution in [2.24, 2.45) is 0 Å². The van der Waals surface area contributed by atoms with E-state index in [1.807, 2.05) is 60.8 Å². The molecule has 0 aliphatic heterocycles. The molecule has 0 atom stereocenters. The first-order valence-electron chi connectivity index (χ1n) is 10.3. The first kappa shape index (κ1) is 18.4. The Labute approximate surface area is 176 Å². The maximum absolute atomic E-state index is 12.7. The molecule has 1 aliphatic rings. The second-order valence-corrected chi connectivity index (χ2v) is 7.72. The highest BCUT2D eigenvalue weighted by molar-refractivity contribution is 5.92. The molecule has 0 spiro atoms. The number of amides is 1. The molecule has 5 rings (SSSR count). The summed E-state index contributed by atoms with van der Waals surface area (Å²) in [5.41, 5.74) is 3.11. The third-order valence-electron chi connectivity index (χ3n) is 5.69. The molecule has 1 fully saturated rings. The molecular formula is C26H23N3O. The van der Waals surface area contributed by atoms with Crippen LogP contribution in [0.5, 0.6) is 0 Å². The normalized spacial score (nSPS) is 13.7. The zero-order chi connectivity index (χ0) is 20.4. The predicted molar refractivity (Wildman–Crippen MR) is 117 cm³/mol. The molecule has 148 valence electrons. The molecule has 1 saturated carbocycles.